The molecule has 0 aliphatic carbocycles. The van der Waals surface area contributed by atoms with Crippen LogP contribution in [0.4, 0.5) is 0 Å². The Balaban J connectivity index is 1.60. The Labute approximate surface area is 244 Å². The first-order valence-corrected chi connectivity index (χ1v) is 15.3. The van der Waals surface area contributed by atoms with Gasteiger partial charge >= 0.3 is 0 Å². The highest BCUT2D eigenvalue weighted by molar-refractivity contribution is 7.89. The van der Waals surface area contributed by atoms with E-state index in [1.165, 1.54) is 15.9 Å². The van der Waals surface area contributed by atoms with Crippen molar-refractivity contribution in [3.05, 3.63) is 83.9 Å². The third kappa shape index (κ3) is 7.76. The summed E-state index contributed by atoms with van der Waals surface area (Å²) in [5.74, 6) is 5.75. The maximum atomic E-state index is 13.7. The van der Waals surface area contributed by atoms with Crippen LogP contribution in [0.2, 0.25) is 0 Å². The molecule has 0 bridgehead atoms. The molecule has 8 heteroatoms. The van der Waals surface area contributed by atoms with Crippen LogP contribution in [0.5, 0.6) is 5.75 Å². The predicted octanol–water partition coefficient (Wildman–Crippen LogP) is 4.38. The number of hydrogen-bond donors (Lipinski definition) is 2. The number of nitrogens with zero attached hydrogens (tertiary/aromatic N) is 2. The number of hydrogen-bond acceptors (Lipinski definition) is 6. The summed E-state index contributed by atoms with van der Waals surface area (Å²) in [6, 6.07) is 22.9. The van der Waals surface area contributed by atoms with E-state index in [2.05, 4.69) is 53.1 Å². The van der Waals surface area contributed by atoms with Gasteiger partial charge in [-0.25, -0.2) is 8.42 Å². The molecule has 0 spiro atoms. The van der Waals surface area contributed by atoms with Crippen LogP contribution in [-0.2, 0) is 16.6 Å². The smallest absolute Gasteiger partial charge is 0.247 e. The lowest BCUT2D eigenvalue weighted by atomic mass is 10.0. The number of sulfonamides is 1. The van der Waals surface area contributed by atoms with Crippen LogP contribution in [0.1, 0.15) is 38.8 Å². The first-order chi connectivity index (χ1) is 19.4. The second-order valence-electron chi connectivity index (χ2n) is 11.5. The fourth-order valence-electron chi connectivity index (χ4n) is 4.86. The van der Waals surface area contributed by atoms with Crippen molar-refractivity contribution in [1.82, 2.24) is 9.21 Å². The second kappa shape index (κ2) is 12.8. The van der Waals surface area contributed by atoms with Crippen molar-refractivity contribution in [3.8, 4) is 28.7 Å². The predicted molar refractivity (Wildman–Crippen MR) is 162 cm³/mol. The van der Waals surface area contributed by atoms with Crippen molar-refractivity contribution in [2.75, 3.05) is 26.7 Å². The highest BCUT2D eigenvalue weighted by Crippen LogP contribution is 2.34. The summed E-state index contributed by atoms with van der Waals surface area (Å²) in [6.07, 6.45) is -0.330. The fourth-order valence-corrected chi connectivity index (χ4v) is 6.69. The van der Waals surface area contributed by atoms with Crippen molar-refractivity contribution in [3.63, 3.8) is 0 Å². The molecule has 3 atom stereocenters. The van der Waals surface area contributed by atoms with Gasteiger partial charge in [0.2, 0.25) is 10.0 Å². The summed E-state index contributed by atoms with van der Waals surface area (Å²) >= 11 is 0. The van der Waals surface area contributed by atoms with Crippen molar-refractivity contribution >= 4 is 10.0 Å². The van der Waals surface area contributed by atoms with Gasteiger partial charge in [0, 0.05) is 37.2 Å². The van der Waals surface area contributed by atoms with E-state index in [0.29, 0.717) is 18.7 Å². The van der Waals surface area contributed by atoms with Gasteiger partial charge < -0.3 is 14.9 Å². The van der Waals surface area contributed by atoms with Crippen LogP contribution in [0.3, 0.4) is 0 Å². The van der Waals surface area contributed by atoms with Crippen molar-refractivity contribution < 1.29 is 23.4 Å². The van der Waals surface area contributed by atoms with Gasteiger partial charge in [-0.1, -0.05) is 73.4 Å². The molecule has 0 amide bonds. The Morgan fingerprint density at radius 3 is 2.37 bits per heavy atom. The highest BCUT2D eigenvalue weighted by atomic mass is 32.2. The van der Waals surface area contributed by atoms with Crippen LogP contribution in [0.25, 0.3) is 11.1 Å². The molecule has 1 aliphatic heterocycles. The molecule has 0 saturated heterocycles. The maximum Gasteiger partial charge on any atom is 0.247 e. The Hall–Kier alpha value is -3.19. The summed E-state index contributed by atoms with van der Waals surface area (Å²) in [5, 5.41) is 19.9. The third-order valence-corrected chi connectivity index (χ3v) is 9.20. The van der Waals surface area contributed by atoms with Gasteiger partial charge in [-0.3, -0.25) is 4.90 Å². The largest absolute Gasteiger partial charge is 0.487 e. The summed E-state index contributed by atoms with van der Waals surface area (Å²) in [7, 11) is -1.91. The topological polar surface area (TPSA) is 90.3 Å². The number of rotatable bonds is 7. The number of ether oxygens (including phenoxy) is 1. The van der Waals surface area contributed by atoms with Gasteiger partial charge in [0.25, 0.3) is 0 Å². The zero-order chi connectivity index (χ0) is 29.8. The first-order valence-electron chi connectivity index (χ1n) is 13.9. The Morgan fingerprint density at radius 1 is 1.07 bits per heavy atom. The second-order valence-corrected chi connectivity index (χ2v) is 13.3. The van der Waals surface area contributed by atoms with Gasteiger partial charge in [0.1, 0.15) is 22.4 Å². The number of aliphatic hydroxyl groups is 2. The van der Waals surface area contributed by atoms with E-state index in [1.807, 2.05) is 32.2 Å². The van der Waals surface area contributed by atoms with E-state index in [4.69, 9.17) is 4.74 Å². The van der Waals surface area contributed by atoms with E-state index >= 15 is 0 Å². The molecule has 3 aromatic rings. The number of aliphatic hydroxyl groups excluding tert-OH is 1. The highest BCUT2D eigenvalue weighted by Gasteiger charge is 2.38. The van der Waals surface area contributed by atoms with Gasteiger partial charge in [-0.2, -0.15) is 4.31 Å². The van der Waals surface area contributed by atoms with E-state index in [0.717, 1.165) is 11.1 Å². The van der Waals surface area contributed by atoms with Gasteiger partial charge in [-0.05, 0) is 62.7 Å². The molecule has 0 saturated carbocycles. The lowest BCUT2D eigenvalue weighted by molar-refractivity contribution is 0.0733. The van der Waals surface area contributed by atoms with E-state index in [1.54, 1.807) is 32.9 Å². The summed E-state index contributed by atoms with van der Waals surface area (Å²) < 4.78 is 35.2. The molecule has 0 unspecified atom stereocenters. The molecule has 7 nitrogen and oxygen atoms in total. The molecule has 0 radical (unpaired) electrons. The SMILES string of the molecule is C[C@@H]1CN([C@@H](C)CO)S(=O)(=O)c2ccc(C#CC(C)(C)O)cc2O[C@H]1CN(C)Cc1ccc(-c2ccccc2)cc1. The summed E-state index contributed by atoms with van der Waals surface area (Å²) in [6.45, 7) is 8.03. The fraction of sp³-hybridized carbons (Fsp3) is 0.394. The van der Waals surface area contributed by atoms with Crippen molar-refractivity contribution in [2.24, 2.45) is 5.92 Å². The lowest BCUT2D eigenvalue weighted by Gasteiger charge is -2.37. The Bertz CT molecular complexity index is 1490. The van der Waals surface area contributed by atoms with Crippen LogP contribution < -0.4 is 4.74 Å². The number of fused-ring (bicyclic) bond motifs is 1. The molecule has 1 aliphatic rings. The van der Waals surface area contributed by atoms with Crippen LogP contribution >= 0.6 is 0 Å². The van der Waals surface area contributed by atoms with Crippen LogP contribution in [-0.4, -0.2) is 72.3 Å². The lowest BCUT2D eigenvalue weighted by Crippen LogP contribution is -2.49. The van der Waals surface area contributed by atoms with Crippen molar-refractivity contribution in [1.29, 1.82) is 0 Å². The maximum absolute atomic E-state index is 13.7. The zero-order valence-corrected chi connectivity index (χ0v) is 25.2. The van der Waals surface area contributed by atoms with E-state index < -0.39 is 21.7 Å². The minimum Gasteiger partial charge on any atom is -0.487 e. The van der Waals surface area contributed by atoms with Crippen molar-refractivity contribution in [2.45, 2.75) is 56.9 Å². The van der Waals surface area contributed by atoms with E-state index in [9.17, 15) is 18.6 Å². The summed E-state index contributed by atoms with van der Waals surface area (Å²) in [5.41, 5.74) is 2.85. The number of likely N-dealkylation sites (N-methyl/N-ethyl adjacent to an activating group) is 1. The van der Waals surface area contributed by atoms with Gasteiger partial charge in [0.15, 0.2) is 0 Å². The minimum atomic E-state index is -3.94. The molecular formula is C33H40N2O5S. The molecule has 4 rings (SSSR count). The van der Waals surface area contributed by atoms with Crippen LogP contribution in [0.15, 0.2) is 77.7 Å². The third-order valence-electron chi connectivity index (χ3n) is 7.19. The molecule has 0 aromatic heterocycles. The molecular weight excluding hydrogens is 536 g/mol. The van der Waals surface area contributed by atoms with Gasteiger partial charge in [-0.15, -0.1) is 0 Å². The molecule has 0 fully saturated rings. The van der Waals surface area contributed by atoms with Crippen LogP contribution in [0, 0.1) is 17.8 Å². The molecule has 2 N–H and O–H groups in total. The van der Waals surface area contributed by atoms with E-state index in [-0.39, 0.29) is 35.8 Å². The molecule has 218 valence electrons. The molecule has 41 heavy (non-hydrogen) atoms. The Kier molecular flexibility index (Phi) is 9.58. The Morgan fingerprint density at radius 2 is 1.73 bits per heavy atom. The van der Waals surface area contributed by atoms with Gasteiger partial charge in [0.05, 0.1) is 6.61 Å². The zero-order valence-electron chi connectivity index (χ0n) is 24.4. The quantitative estimate of drug-likeness (QED) is 0.406. The minimum absolute atomic E-state index is 0.0441. The normalized spacial score (nSPS) is 19.7. The average molecular weight is 577 g/mol. The average Bonchev–Trinajstić information content (AvgIpc) is 2.93. The standard InChI is InChI=1S/C33H40N2O5S/c1-24-20-35(25(2)23-36)41(38,39)32-16-13-26(17-18-33(3,4)37)19-30(32)40-31(24)22-34(5)21-27-11-14-29(15-12-27)28-9-7-6-8-10-28/h6-16,19,24-25,31,36-37H,20-23H2,1-5H3/t24-,25+,31+/m1/s1. The molecule has 1 heterocycles. The number of benzene rings is 3. The summed E-state index contributed by atoms with van der Waals surface area (Å²) in [4.78, 5) is 2.22. The first kappa shape index (κ1) is 30.8. The molecule has 3 aromatic carbocycles. The monoisotopic (exact) mass is 576 g/mol.